The highest BCUT2D eigenvalue weighted by Crippen LogP contribution is 2.29. The molecule has 2 rings (SSSR count). The number of benzene rings is 1. The zero-order valence-corrected chi connectivity index (χ0v) is 14.2. The van der Waals surface area contributed by atoms with E-state index in [0.717, 1.165) is 32.9 Å². The van der Waals surface area contributed by atoms with Gasteiger partial charge in [0.1, 0.15) is 0 Å². The molecule has 108 valence electrons. The SMILES string of the molecule is CCC(N)C(c1ccc(Cl)cc1)n1nc(C)c(Br)c1C. The summed E-state index contributed by atoms with van der Waals surface area (Å²) in [7, 11) is 0. The fourth-order valence-electron chi connectivity index (χ4n) is 2.37. The second-order valence-electron chi connectivity index (χ2n) is 5.00. The van der Waals surface area contributed by atoms with Crippen LogP contribution in [0.5, 0.6) is 0 Å². The minimum absolute atomic E-state index is 0.000996. The van der Waals surface area contributed by atoms with Crippen molar-refractivity contribution in [2.45, 2.75) is 39.3 Å². The van der Waals surface area contributed by atoms with Gasteiger partial charge in [0, 0.05) is 11.1 Å². The molecule has 0 saturated carbocycles. The van der Waals surface area contributed by atoms with Crippen molar-refractivity contribution in [1.29, 1.82) is 0 Å². The zero-order valence-electron chi connectivity index (χ0n) is 11.9. The summed E-state index contributed by atoms with van der Waals surface area (Å²) < 4.78 is 3.05. The molecule has 1 aromatic carbocycles. The number of nitrogens with zero attached hydrogens (tertiary/aromatic N) is 2. The highest BCUT2D eigenvalue weighted by atomic mass is 79.9. The van der Waals surface area contributed by atoms with E-state index < -0.39 is 0 Å². The van der Waals surface area contributed by atoms with E-state index in [0.29, 0.717) is 0 Å². The first kappa shape index (κ1) is 15.5. The first-order chi connectivity index (χ1) is 9.45. The number of aryl methyl sites for hydroxylation is 1. The molecule has 0 aliphatic rings. The van der Waals surface area contributed by atoms with Crippen molar-refractivity contribution in [3.8, 4) is 0 Å². The predicted molar refractivity (Wildman–Crippen MR) is 87.3 cm³/mol. The van der Waals surface area contributed by atoms with Crippen molar-refractivity contribution in [2.75, 3.05) is 0 Å². The summed E-state index contributed by atoms with van der Waals surface area (Å²) in [6.45, 7) is 6.13. The maximum absolute atomic E-state index is 6.34. The Bertz CT molecular complexity index is 592. The molecule has 0 amide bonds. The molecule has 0 bridgehead atoms. The number of nitrogens with two attached hydrogens (primary N) is 1. The molecule has 0 radical (unpaired) electrons. The van der Waals surface area contributed by atoms with Gasteiger partial charge < -0.3 is 5.73 Å². The molecule has 2 unspecified atom stereocenters. The predicted octanol–water partition coefficient (Wildman–Crippen LogP) is 4.24. The minimum atomic E-state index is 0.000996. The van der Waals surface area contributed by atoms with Crippen LogP contribution in [0.2, 0.25) is 5.02 Å². The Morgan fingerprint density at radius 3 is 2.35 bits per heavy atom. The van der Waals surface area contributed by atoms with Gasteiger partial charge in [-0.05, 0) is 53.9 Å². The van der Waals surface area contributed by atoms with Crippen LogP contribution in [0.25, 0.3) is 0 Å². The van der Waals surface area contributed by atoms with Crippen molar-refractivity contribution in [1.82, 2.24) is 9.78 Å². The van der Waals surface area contributed by atoms with Crippen LogP contribution >= 0.6 is 27.5 Å². The molecular weight excluding hydrogens is 338 g/mol. The smallest absolute Gasteiger partial charge is 0.0922 e. The number of rotatable bonds is 4. The van der Waals surface area contributed by atoms with Gasteiger partial charge in [-0.25, -0.2) is 0 Å². The Morgan fingerprint density at radius 1 is 1.30 bits per heavy atom. The van der Waals surface area contributed by atoms with E-state index in [9.17, 15) is 0 Å². The van der Waals surface area contributed by atoms with Gasteiger partial charge >= 0.3 is 0 Å². The maximum atomic E-state index is 6.34. The molecule has 0 spiro atoms. The molecule has 2 N–H and O–H groups in total. The van der Waals surface area contributed by atoms with Gasteiger partial charge in [0.2, 0.25) is 0 Å². The third-order valence-electron chi connectivity index (χ3n) is 3.59. The fourth-order valence-corrected chi connectivity index (χ4v) is 2.75. The average molecular weight is 357 g/mol. The van der Waals surface area contributed by atoms with Crippen LogP contribution in [0.4, 0.5) is 0 Å². The van der Waals surface area contributed by atoms with Crippen LogP contribution in [-0.2, 0) is 0 Å². The molecule has 0 fully saturated rings. The number of halogens is 2. The van der Waals surface area contributed by atoms with Gasteiger partial charge in [0.05, 0.1) is 21.9 Å². The third kappa shape index (κ3) is 2.92. The standard InChI is InChI=1S/C15H19BrClN3/c1-4-13(18)15(11-5-7-12(17)8-6-11)20-10(3)14(16)9(2)19-20/h5-8,13,15H,4,18H2,1-3H3. The molecular formula is C15H19BrClN3. The third-order valence-corrected chi connectivity index (χ3v) is 4.99. The van der Waals surface area contributed by atoms with Crippen molar-refractivity contribution in [2.24, 2.45) is 5.73 Å². The van der Waals surface area contributed by atoms with E-state index in [2.05, 4.69) is 34.9 Å². The Balaban J connectivity index is 2.52. The van der Waals surface area contributed by atoms with E-state index in [1.807, 2.05) is 35.9 Å². The van der Waals surface area contributed by atoms with Crippen molar-refractivity contribution in [3.63, 3.8) is 0 Å². The highest BCUT2D eigenvalue weighted by molar-refractivity contribution is 9.10. The second-order valence-corrected chi connectivity index (χ2v) is 6.23. The summed E-state index contributed by atoms with van der Waals surface area (Å²) in [5, 5.41) is 5.36. The van der Waals surface area contributed by atoms with Gasteiger partial charge in [-0.1, -0.05) is 30.7 Å². The van der Waals surface area contributed by atoms with E-state index in [-0.39, 0.29) is 12.1 Å². The van der Waals surface area contributed by atoms with Crippen LogP contribution in [0.1, 0.15) is 36.3 Å². The molecule has 2 atom stereocenters. The first-order valence-corrected chi connectivity index (χ1v) is 7.85. The number of hydrogen-bond acceptors (Lipinski definition) is 2. The van der Waals surface area contributed by atoms with Crippen molar-refractivity contribution < 1.29 is 0 Å². The molecule has 3 nitrogen and oxygen atoms in total. The summed E-state index contributed by atoms with van der Waals surface area (Å²) >= 11 is 9.55. The fraction of sp³-hybridized carbons (Fsp3) is 0.400. The molecule has 0 saturated heterocycles. The summed E-state index contributed by atoms with van der Waals surface area (Å²) in [5.41, 5.74) is 9.53. The van der Waals surface area contributed by atoms with Crippen LogP contribution in [-0.4, -0.2) is 15.8 Å². The van der Waals surface area contributed by atoms with E-state index in [1.54, 1.807) is 0 Å². The zero-order chi connectivity index (χ0) is 14.9. The lowest BCUT2D eigenvalue weighted by atomic mass is 9.98. The lowest BCUT2D eigenvalue weighted by molar-refractivity contribution is 0.415. The molecule has 1 aromatic heterocycles. The lowest BCUT2D eigenvalue weighted by Crippen LogP contribution is -2.33. The summed E-state index contributed by atoms with van der Waals surface area (Å²) in [4.78, 5) is 0. The topological polar surface area (TPSA) is 43.8 Å². The van der Waals surface area contributed by atoms with Crippen molar-refractivity contribution >= 4 is 27.5 Å². The molecule has 1 heterocycles. The maximum Gasteiger partial charge on any atom is 0.0922 e. The molecule has 2 aromatic rings. The van der Waals surface area contributed by atoms with E-state index in [1.165, 1.54) is 0 Å². The molecule has 0 aliphatic heterocycles. The highest BCUT2D eigenvalue weighted by Gasteiger charge is 2.24. The number of aromatic nitrogens is 2. The Hall–Kier alpha value is -0.840. The lowest BCUT2D eigenvalue weighted by Gasteiger charge is -2.25. The summed E-state index contributed by atoms with van der Waals surface area (Å²) in [6.07, 6.45) is 0.878. The Morgan fingerprint density at radius 2 is 1.90 bits per heavy atom. The van der Waals surface area contributed by atoms with Gasteiger partial charge in [0.25, 0.3) is 0 Å². The summed E-state index contributed by atoms with van der Waals surface area (Å²) in [5.74, 6) is 0. The molecule has 20 heavy (non-hydrogen) atoms. The second kappa shape index (κ2) is 6.29. The Kier molecular flexibility index (Phi) is 4.89. The van der Waals surface area contributed by atoms with Crippen LogP contribution < -0.4 is 5.73 Å². The minimum Gasteiger partial charge on any atom is -0.326 e. The quantitative estimate of drug-likeness (QED) is 0.890. The van der Waals surface area contributed by atoms with E-state index in [4.69, 9.17) is 17.3 Å². The van der Waals surface area contributed by atoms with Crippen LogP contribution in [0.15, 0.2) is 28.7 Å². The van der Waals surface area contributed by atoms with Gasteiger partial charge in [-0.2, -0.15) is 5.10 Å². The van der Waals surface area contributed by atoms with Crippen LogP contribution in [0.3, 0.4) is 0 Å². The average Bonchev–Trinajstić information content (AvgIpc) is 2.69. The van der Waals surface area contributed by atoms with Crippen LogP contribution in [0, 0.1) is 13.8 Å². The number of hydrogen-bond donors (Lipinski definition) is 1. The monoisotopic (exact) mass is 355 g/mol. The Labute approximate surface area is 133 Å². The molecule has 5 heteroatoms. The van der Waals surface area contributed by atoms with Crippen molar-refractivity contribution in [3.05, 3.63) is 50.7 Å². The van der Waals surface area contributed by atoms with E-state index >= 15 is 0 Å². The van der Waals surface area contributed by atoms with Gasteiger partial charge in [-0.3, -0.25) is 4.68 Å². The normalized spacial score (nSPS) is 14.3. The first-order valence-electron chi connectivity index (χ1n) is 6.68. The largest absolute Gasteiger partial charge is 0.326 e. The van der Waals surface area contributed by atoms with Gasteiger partial charge in [-0.15, -0.1) is 0 Å². The summed E-state index contributed by atoms with van der Waals surface area (Å²) in [6, 6.07) is 7.85. The molecule has 0 aliphatic carbocycles. The van der Waals surface area contributed by atoms with Gasteiger partial charge in [0.15, 0.2) is 0 Å².